The van der Waals surface area contributed by atoms with Gasteiger partial charge in [-0.2, -0.15) is 0 Å². The summed E-state index contributed by atoms with van der Waals surface area (Å²) in [6.07, 6.45) is 0. The van der Waals surface area contributed by atoms with Crippen LogP contribution in [0.15, 0.2) is 84.0 Å². The SMILES string of the molecule is Cc1cccc(OCc2nnc(SCC(=O)Nc3ccccc3[N+](=O)[O-])n2-c2ccccc2)c1. The van der Waals surface area contributed by atoms with Gasteiger partial charge in [-0.15, -0.1) is 10.2 Å². The van der Waals surface area contributed by atoms with E-state index in [-0.39, 0.29) is 29.6 Å². The second-order valence-electron chi connectivity index (χ2n) is 7.29. The molecule has 0 fully saturated rings. The number of nitrogens with one attached hydrogen (secondary N) is 1. The Balaban J connectivity index is 1.50. The fraction of sp³-hybridized carbons (Fsp3) is 0.125. The third kappa shape index (κ3) is 5.59. The van der Waals surface area contributed by atoms with Crippen molar-refractivity contribution in [1.29, 1.82) is 0 Å². The molecule has 0 saturated carbocycles. The molecule has 0 spiro atoms. The third-order valence-electron chi connectivity index (χ3n) is 4.78. The summed E-state index contributed by atoms with van der Waals surface area (Å²) in [6, 6.07) is 23.3. The Morgan fingerprint density at radius 3 is 2.59 bits per heavy atom. The molecule has 0 unspecified atom stereocenters. The number of carbonyl (C=O) groups excluding carboxylic acids is 1. The maximum absolute atomic E-state index is 12.5. The minimum Gasteiger partial charge on any atom is -0.486 e. The van der Waals surface area contributed by atoms with Crippen LogP contribution in [0.1, 0.15) is 11.4 Å². The number of aryl methyl sites for hydroxylation is 1. The molecule has 0 saturated heterocycles. The van der Waals surface area contributed by atoms with Crippen LogP contribution in [0.2, 0.25) is 0 Å². The van der Waals surface area contributed by atoms with E-state index in [1.807, 2.05) is 66.1 Å². The summed E-state index contributed by atoms with van der Waals surface area (Å²) in [7, 11) is 0. The van der Waals surface area contributed by atoms with Crippen molar-refractivity contribution in [2.24, 2.45) is 0 Å². The van der Waals surface area contributed by atoms with Crippen LogP contribution in [0.25, 0.3) is 5.69 Å². The van der Waals surface area contributed by atoms with Gasteiger partial charge in [0.1, 0.15) is 18.0 Å². The smallest absolute Gasteiger partial charge is 0.292 e. The monoisotopic (exact) mass is 475 g/mol. The van der Waals surface area contributed by atoms with Crippen molar-refractivity contribution in [3.05, 3.63) is 100 Å². The van der Waals surface area contributed by atoms with E-state index in [1.165, 1.54) is 23.9 Å². The van der Waals surface area contributed by atoms with E-state index in [0.717, 1.165) is 17.0 Å². The number of nitro groups is 1. The average Bonchev–Trinajstić information content (AvgIpc) is 3.25. The van der Waals surface area contributed by atoms with Crippen LogP contribution in [-0.4, -0.2) is 31.3 Å². The molecule has 3 aromatic carbocycles. The van der Waals surface area contributed by atoms with E-state index in [9.17, 15) is 14.9 Å². The summed E-state index contributed by atoms with van der Waals surface area (Å²) in [5, 5.41) is 22.8. The normalized spacial score (nSPS) is 10.6. The second-order valence-corrected chi connectivity index (χ2v) is 8.23. The van der Waals surface area contributed by atoms with Crippen molar-refractivity contribution in [2.45, 2.75) is 18.7 Å². The van der Waals surface area contributed by atoms with Crippen LogP contribution in [0.3, 0.4) is 0 Å². The number of benzene rings is 3. The molecule has 1 amide bonds. The van der Waals surface area contributed by atoms with Crippen molar-refractivity contribution in [3.8, 4) is 11.4 Å². The Labute approximate surface area is 199 Å². The molecule has 0 aliphatic rings. The van der Waals surface area contributed by atoms with E-state index in [4.69, 9.17) is 4.74 Å². The van der Waals surface area contributed by atoms with Crippen molar-refractivity contribution < 1.29 is 14.5 Å². The average molecular weight is 476 g/mol. The fourth-order valence-corrected chi connectivity index (χ4v) is 4.00. The maximum atomic E-state index is 12.5. The lowest BCUT2D eigenvalue weighted by atomic mass is 10.2. The molecule has 0 aliphatic heterocycles. The first kappa shape index (κ1) is 23.0. The van der Waals surface area contributed by atoms with Crippen molar-refractivity contribution in [3.63, 3.8) is 0 Å². The Kier molecular flexibility index (Phi) is 7.19. The molecule has 172 valence electrons. The van der Waals surface area contributed by atoms with E-state index in [0.29, 0.717) is 11.0 Å². The highest BCUT2D eigenvalue weighted by atomic mass is 32.2. The van der Waals surface area contributed by atoms with Gasteiger partial charge in [0.25, 0.3) is 5.69 Å². The zero-order chi connectivity index (χ0) is 23.9. The van der Waals surface area contributed by atoms with Gasteiger partial charge >= 0.3 is 0 Å². The zero-order valence-corrected chi connectivity index (χ0v) is 19.1. The minimum absolute atomic E-state index is 0.00421. The number of para-hydroxylation sites is 3. The second kappa shape index (κ2) is 10.6. The highest BCUT2D eigenvalue weighted by Gasteiger charge is 2.18. The molecule has 0 radical (unpaired) electrons. The molecule has 10 heteroatoms. The summed E-state index contributed by atoms with van der Waals surface area (Å²) in [5.74, 6) is 0.907. The zero-order valence-electron chi connectivity index (χ0n) is 18.2. The van der Waals surface area contributed by atoms with E-state index >= 15 is 0 Å². The van der Waals surface area contributed by atoms with Gasteiger partial charge in [-0.05, 0) is 42.8 Å². The van der Waals surface area contributed by atoms with Gasteiger partial charge in [-0.3, -0.25) is 19.5 Å². The van der Waals surface area contributed by atoms with Gasteiger partial charge in [-0.1, -0.05) is 54.2 Å². The van der Waals surface area contributed by atoms with Crippen molar-refractivity contribution in [1.82, 2.24) is 14.8 Å². The Morgan fingerprint density at radius 2 is 1.82 bits per heavy atom. The lowest BCUT2D eigenvalue weighted by Crippen LogP contribution is -2.15. The molecule has 1 aromatic heterocycles. The number of amides is 1. The molecular formula is C24H21N5O4S. The predicted molar refractivity (Wildman–Crippen MR) is 129 cm³/mol. The number of anilines is 1. The molecular weight excluding hydrogens is 454 g/mol. The first-order chi connectivity index (χ1) is 16.5. The summed E-state index contributed by atoms with van der Waals surface area (Å²) in [5.41, 5.74) is 1.90. The molecule has 34 heavy (non-hydrogen) atoms. The number of aromatic nitrogens is 3. The summed E-state index contributed by atoms with van der Waals surface area (Å²) >= 11 is 1.18. The van der Waals surface area contributed by atoms with Gasteiger partial charge < -0.3 is 10.1 Å². The molecule has 0 atom stereocenters. The van der Waals surface area contributed by atoms with Gasteiger partial charge in [-0.25, -0.2) is 0 Å². The Bertz CT molecular complexity index is 1310. The van der Waals surface area contributed by atoms with Gasteiger partial charge in [0.05, 0.1) is 10.7 Å². The third-order valence-corrected chi connectivity index (χ3v) is 5.71. The molecule has 4 rings (SSSR count). The maximum Gasteiger partial charge on any atom is 0.292 e. The highest BCUT2D eigenvalue weighted by Crippen LogP contribution is 2.26. The van der Waals surface area contributed by atoms with Crippen molar-refractivity contribution in [2.75, 3.05) is 11.1 Å². The predicted octanol–water partition coefficient (Wildman–Crippen LogP) is 4.79. The Hall–Kier alpha value is -4.18. The number of rotatable bonds is 9. The lowest BCUT2D eigenvalue weighted by Gasteiger charge is -2.11. The molecule has 1 N–H and O–H groups in total. The van der Waals surface area contributed by atoms with Gasteiger partial charge in [0.15, 0.2) is 11.0 Å². The van der Waals surface area contributed by atoms with E-state index in [1.54, 1.807) is 12.1 Å². The van der Waals surface area contributed by atoms with E-state index in [2.05, 4.69) is 15.5 Å². The van der Waals surface area contributed by atoms with Crippen LogP contribution in [-0.2, 0) is 11.4 Å². The quantitative estimate of drug-likeness (QED) is 0.210. The van der Waals surface area contributed by atoms with Gasteiger partial charge in [0, 0.05) is 11.8 Å². The molecule has 1 heterocycles. The summed E-state index contributed by atoms with van der Waals surface area (Å²) in [4.78, 5) is 23.2. The first-order valence-electron chi connectivity index (χ1n) is 10.4. The number of nitro benzene ring substituents is 1. The molecule has 4 aromatic rings. The largest absolute Gasteiger partial charge is 0.486 e. The van der Waals surface area contributed by atoms with Crippen LogP contribution in [0.5, 0.6) is 5.75 Å². The summed E-state index contributed by atoms with van der Waals surface area (Å²) in [6.45, 7) is 2.18. The number of hydrogen-bond donors (Lipinski definition) is 1. The number of hydrogen-bond acceptors (Lipinski definition) is 7. The van der Waals surface area contributed by atoms with Gasteiger partial charge in [0.2, 0.25) is 5.91 Å². The molecule has 9 nitrogen and oxygen atoms in total. The Morgan fingerprint density at radius 1 is 1.06 bits per heavy atom. The topological polar surface area (TPSA) is 112 Å². The van der Waals surface area contributed by atoms with Crippen molar-refractivity contribution >= 4 is 29.0 Å². The van der Waals surface area contributed by atoms with Crippen LogP contribution < -0.4 is 10.1 Å². The molecule has 0 bridgehead atoms. The minimum atomic E-state index is -0.532. The first-order valence-corrected chi connectivity index (χ1v) is 11.3. The van der Waals surface area contributed by atoms with E-state index < -0.39 is 4.92 Å². The number of carbonyl (C=O) groups is 1. The highest BCUT2D eigenvalue weighted by molar-refractivity contribution is 7.99. The van der Waals surface area contributed by atoms with Crippen LogP contribution in [0, 0.1) is 17.0 Å². The number of nitrogens with zero attached hydrogens (tertiary/aromatic N) is 4. The van der Waals surface area contributed by atoms with Crippen LogP contribution >= 0.6 is 11.8 Å². The number of thioether (sulfide) groups is 1. The fourth-order valence-electron chi connectivity index (χ4n) is 3.23. The summed E-state index contributed by atoms with van der Waals surface area (Å²) < 4.78 is 7.74. The lowest BCUT2D eigenvalue weighted by molar-refractivity contribution is -0.383. The molecule has 0 aliphatic carbocycles. The van der Waals surface area contributed by atoms with Crippen LogP contribution in [0.4, 0.5) is 11.4 Å². The standard InChI is InChI=1S/C24H21N5O4S/c1-17-8-7-11-19(14-17)33-15-22-26-27-24(28(22)18-9-3-2-4-10-18)34-16-23(30)25-20-12-5-6-13-21(20)29(31)32/h2-14H,15-16H2,1H3,(H,25,30). The number of ether oxygens (including phenoxy) is 1.